The first-order valence-corrected chi connectivity index (χ1v) is 5.05. The first kappa shape index (κ1) is 8.97. The molecule has 1 aromatic heterocycles. The predicted octanol–water partition coefficient (Wildman–Crippen LogP) is 2.20. The van der Waals surface area contributed by atoms with Crippen LogP contribution in [0.3, 0.4) is 0 Å². The molecule has 70 valence electrons. The molecule has 1 aliphatic heterocycles. The van der Waals surface area contributed by atoms with E-state index >= 15 is 0 Å². The van der Waals surface area contributed by atoms with Crippen LogP contribution in [0.4, 0.5) is 0 Å². The van der Waals surface area contributed by atoms with Gasteiger partial charge in [-0.1, -0.05) is 11.6 Å². The van der Waals surface area contributed by atoms with Crippen LogP contribution in [0.1, 0.15) is 24.3 Å². The summed E-state index contributed by atoms with van der Waals surface area (Å²) in [6, 6.07) is 2.03. The molecule has 2 nitrogen and oxygen atoms in total. The summed E-state index contributed by atoms with van der Waals surface area (Å²) >= 11 is 5.89. The first-order chi connectivity index (χ1) is 6.36. The van der Waals surface area contributed by atoms with Crippen LogP contribution in [-0.2, 0) is 0 Å². The van der Waals surface area contributed by atoms with E-state index in [1.54, 1.807) is 6.20 Å². The van der Waals surface area contributed by atoms with E-state index in [4.69, 9.17) is 11.6 Å². The second-order valence-corrected chi connectivity index (χ2v) is 3.90. The highest BCUT2D eigenvalue weighted by Gasteiger charge is 2.15. The summed E-state index contributed by atoms with van der Waals surface area (Å²) in [6.07, 6.45) is 6.01. The highest BCUT2D eigenvalue weighted by Crippen LogP contribution is 2.25. The van der Waals surface area contributed by atoms with Gasteiger partial charge in [0.05, 0.1) is 5.02 Å². The molecule has 1 fully saturated rings. The van der Waals surface area contributed by atoms with Crippen LogP contribution >= 0.6 is 11.6 Å². The maximum Gasteiger partial charge on any atom is 0.0592 e. The Hall–Kier alpha value is -0.600. The van der Waals surface area contributed by atoms with Gasteiger partial charge in [-0.15, -0.1) is 0 Å². The Balaban J connectivity index is 2.14. The van der Waals surface area contributed by atoms with E-state index in [9.17, 15) is 0 Å². The monoisotopic (exact) mass is 196 g/mol. The Morgan fingerprint density at radius 1 is 1.31 bits per heavy atom. The van der Waals surface area contributed by atoms with Crippen molar-refractivity contribution in [2.75, 3.05) is 13.1 Å². The summed E-state index contributed by atoms with van der Waals surface area (Å²) in [7, 11) is 0. The molecule has 3 heteroatoms. The van der Waals surface area contributed by atoms with Crippen molar-refractivity contribution in [3.05, 3.63) is 29.0 Å². The molecule has 1 saturated heterocycles. The van der Waals surface area contributed by atoms with Crippen molar-refractivity contribution in [2.24, 2.45) is 0 Å². The van der Waals surface area contributed by atoms with Crippen molar-refractivity contribution in [1.29, 1.82) is 0 Å². The molecule has 13 heavy (non-hydrogen) atoms. The third-order valence-corrected chi connectivity index (χ3v) is 2.74. The minimum Gasteiger partial charge on any atom is -0.317 e. The van der Waals surface area contributed by atoms with E-state index in [0.717, 1.165) is 18.1 Å². The van der Waals surface area contributed by atoms with Gasteiger partial charge in [-0.2, -0.15) is 0 Å². The molecule has 0 bridgehead atoms. The Kier molecular flexibility index (Phi) is 2.81. The van der Waals surface area contributed by atoms with Gasteiger partial charge < -0.3 is 5.32 Å². The third kappa shape index (κ3) is 2.20. The van der Waals surface area contributed by atoms with E-state index in [2.05, 4.69) is 10.3 Å². The van der Waals surface area contributed by atoms with Gasteiger partial charge in [0.25, 0.3) is 0 Å². The Labute approximate surface area is 83.3 Å². The molecule has 0 radical (unpaired) electrons. The Morgan fingerprint density at radius 3 is 2.77 bits per heavy atom. The summed E-state index contributed by atoms with van der Waals surface area (Å²) < 4.78 is 0. The molecule has 0 aliphatic carbocycles. The van der Waals surface area contributed by atoms with E-state index in [1.807, 2.05) is 12.3 Å². The summed E-state index contributed by atoms with van der Waals surface area (Å²) in [6.45, 7) is 2.22. The van der Waals surface area contributed by atoms with Gasteiger partial charge in [0.1, 0.15) is 0 Å². The highest BCUT2D eigenvalue weighted by molar-refractivity contribution is 6.30. The zero-order valence-corrected chi connectivity index (χ0v) is 8.22. The standard InChI is InChI=1S/C10H13ClN2/c11-10-5-9(6-13-7-10)8-1-3-12-4-2-8/h5-8,12H,1-4H2. The maximum atomic E-state index is 5.89. The fourth-order valence-corrected chi connectivity index (χ4v) is 1.99. The van der Waals surface area contributed by atoms with E-state index in [-0.39, 0.29) is 0 Å². The number of hydrogen-bond donors (Lipinski definition) is 1. The molecule has 1 aliphatic rings. The van der Waals surface area contributed by atoms with Crippen molar-refractivity contribution in [3.8, 4) is 0 Å². The fourth-order valence-electron chi connectivity index (χ4n) is 1.81. The fraction of sp³-hybridized carbons (Fsp3) is 0.500. The van der Waals surface area contributed by atoms with Crippen LogP contribution in [0.5, 0.6) is 0 Å². The largest absolute Gasteiger partial charge is 0.317 e. The summed E-state index contributed by atoms with van der Waals surface area (Å²) in [5.74, 6) is 0.646. The van der Waals surface area contributed by atoms with E-state index in [1.165, 1.54) is 18.4 Å². The molecular formula is C10H13ClN2. The van der Waals surface area contributed by atoms with Crippen molar-refractivity contribution in [1.82, 2.24) is 10.3 Å². The predicted molar refractivity (Wildman–Crippen MR) is 54.1 cm³/mol. The van der Waals surface area contributed by atoms with Crippen molar-refractivity contribution >= 4 is 11.6 Å². The number of piperidine rings is 1. The molecular weight excluding hydrogens is 184 g/mol. The molecule has 2 rings (SSSR count). The third-order valence-electron chi connectivity index (χ3n) is 2.54. The lowest BCUT2D eigenvalue weighted by molar-refractivity contribution is 0.459. The Morgan fingerprint density at radius 2 is 2.08 bits per heavy atom. The van der Waals surface area contributed by atoms with Gasteiger partial charge in [-0.05, 0) is 43.5 Å². The van der Waals surface area contributed by atoms with Crippen molar-refractivity contribution < 1.29 is 0 Å². The van der Waals surface area contributed by atoms with E-state index < -0.39 is 0 Å². The van der Waals surface area contributed by atoms with Crippen LogP contribution < -0.4 is 5.32 Å². The van der Waals surface area contributed by atoms with Gasteiger partial charge in [-0.3, -0.25) is 4.98 Å². The van der Waals surface area contributed by atoms with Crippen LogP contribution in [0.25, 0.3) is 0 Å². The van der Waals surface area contributed by atoms with E-state index in [0.29, 0.717) is 5.92 Å². The summed E-state index contributed by atoms with van der Waals surface area (Å²) in [5, 5.41) is 4.09. The Bertz CT molecular complexity index is 282. The second kappa shape index (κ2) is 4.07. The van der Waals surface area contributed by atoms with Crippen LogP contribution in [0.2, 0.25) is 5.02 Å². The van der Waals surface area contributed by atoms with Gasteiger partial charge in [-0.25, -0.2) is 0 Å². The smallest absolute Gasteiger partial charge is 0.0592 e. The number of pyridine rings is 1. The molecule has 0 amide bonds. The molecule has 1 aromatic rings. The minimum absolute atomic E-state index is 0.646. The average molecular weight is 197 g/mol. The van der Waals surface area contributed by atoms with Crippen LogP contribution in [-0.4, -0.2) is 18.1 Å². The lowest BCUT2D eigenvalue weighted by Crippen LogP contribution is -2.26. The van der Waals surface area contributed by atoms with Gasteiger partial charge in [0, 0.05) is 12.4 Å². The summed E-state index contributed by atoms with van der Waals surface area (Å²) in [5.41, 5.74) is 1.29. The molecule has 1 N–H and O–H groups in total. The molecule has 0 unspecified atom stereocenters. The molecule has 2 heterocycles. The van der Waals surface area contributed by atoms with Gasteiger partial charge >= 0.3 is 0 Å². The molecule has 0 aromatic carbocycles. The number of hydrogen-bond acceptors (Lipinski definition) is 2. The summed E-state index contributed by atoms with van der Waals surface area (Å²) in [4.78, 5) is 4.11. The first-order valence-electron chi connectivity index (χ1n) is 4.67. The highest BCUT2D eigenvalue weighted by atomic mass is 35.5. The van der Waals surface area contributed by atoms with Crippen LogP contribution in [0.15, 0.2) is 18.5 Å². The number of halogens is 1. The molecule has 0 saturated carbocycles. The quantitative estimate of drug-likeness (QED) is 0.745. The SMILES string of the molecule is Clc1cncc(C2CCNCC2)c1. The molecule has 0 spiro atoms. The number of nitrogens with zero attached hydrogens (tertiary/aromatic N) is 1. The average Bonchev–Trinajstić information content (AvgIpc) is 2.19. The lowest BCUT2D eigenvalue weighted by Gasteiger charge is -2.22. The zero-order chi connectivity index (χ0) is 9.10. The number of rotatable bonds is 1. The van der Waals surface area contributed by atoms with Gasteiger partial charge in [0.15, 0.2) is 0 Å². The lowest BCUT2D eigenvalue weighted by atomic mass is 9.91. The van der Waals surface area contributed by atoms with Crippen molar-refractivity contribution in [2.45, 2.75) is 18.8 Å². The minimum atomic E-state index is 0.646. The second-order valence-electron chi connectivity index (χ2n) is 3.46. The maximum absolute atomic E-state index is 5.89. The zero-order valence-electron chi connectivity index (χ0n) is 7.46. The van der Waals surface area contributed by atoms with Gasteiger partial charge in [0.2, 0.25) is 0 Å². The normalized spacial score (nSPS) is 18.8. The van der Waals surface area contributed by atoms with Crippen molar-refractivity contribution in [3.63, 3.8) is 0 Å². The molecule has 0 atom stereocenters. The number of nitrogens with one attached hydrogen (secondary N) is 1. The van der Waals surface area contributed by atoms with Crippen LogP contribution in [0, 0.1) is 0 Å². The topological polar surface area (TPSA) is 24.9 Å². The number of aromatic nitrogens is 1.